The lowest BCUT2D eigenvalue weighted by atomic mass is 9.99. The van der Waals surface area contributed by atoms with Crippen LogP contribution in [0.4, 0.5) is 0 Å². The maximum atomic E-state index is 12.4. The van der Waals surface area contributed by atoms with Crippen LogP contribution in [0.15, 0.2) is 34.1 Å². The zero-order valence-electron chi connectivity index (χ0n) is 13.0. The largest absolute Gasteiger partial charge is 0.507 e. The van der Waals surface area contributed by atoms with E-state index in [-0.39, 0.29) is 27.7 Å². The molecule has 5 N–H and O–H groups in total. The molecule has 4 aromatic rings. The van der Waals surface area contributed by atoms with Gasteiger partial charge in [0.1, 0.15) is 11.5 Å². The van der Waals surface area contributed by atoms with E-state index in [0.29, 0.717) is 34.7 Å². The number of aromatic hydroxyl groups is 2. The lowest BCUT2D eigenvalue weighted by Gasteiger charge is -2.08. The number of benzene rings is 3. The summed E-state index contributed by atoms with van der Waals surface area (Å²) in [4.78, 5) is 16.8. The first-order chi connectivity index (χ1) is 11.5. The van der Waals surface area contributed by atoms with E-state index in [1.165, 1.54) is 12.1 Å². The molecule has 0 unspecified atom stereocenters. The highest BCUT2D eigenvalue weighted by atomic mass is 16.3. The fourth-order valence-corrected chi connectivity index (χ4v) is 3.32. The minimum Gasteiger partial charge on any atom is -0.507 e. The molecule has 0 fully saturated rings. The van der Waals surface area contributed by atoms with E-state index in [2.05, 4.69) is 10.1 Å². The molecule has 0 spiro atoms. The van der Waals surface area contributed by atoms with Crippen molar-refractivity contribution in [1.82, 2.24) is 9.78 Å². The number of hydrogen-bond donors (Lipinski definition) is 4. The number of nitrogens with one attached hydrogen (secondary N) is 1. The maximum absolute atomic E-state index is 12.4. The Morgan fingerprint density at radius 2 is 1.92 bits per heavy atom. The highest BCUT2D eigenvalue weighted by Gasteiger charge is 2.21. The second kappa shape index (κ2) is 4.97. The van der Waals surface area contributed by atoms with Gasteiger partial charge in [0.25, 0.3) is 0 Å². The van der Waals surface area contributed by atoms with E-state index in [1.807, 2.05) is 13.1 Å². The number of aromatic nitrogens is 2. The van der Waals surface area contributed by atoms with Gasteiger partial charge in [-0.25, -0.2) is 0 Å². The van der Waals surface area contributed by atoms with Gasteiger partial charge in [0.2, 0.25) is 0 Å². The predicted molar refractivity (Wildman–Crippen MR) is 92.6 cm³/mol. The molecule has 7 heteroatoms. The summed E-state index contributed by atoms with van der Waals surface area (Å²) in [5.74, 6) is -0.291. The van der Waals surface area contributed by atoms with Crippen molar-refractivity contribution < 1.29 is 10.2 Å². The molecular weight excluding hydrogens is 308 g/mol. The Bertz CT molecular complexity index is 1220. The van der Waals surface area contributed by atoms with Crippen LogP contribution in [0.5, 0.6) is 11.5 Å². The van der Waals surface area contributed by atoms with E-state index in [4.69, 9.17) is 5.73 Å². The van der Waals surface area contributed by atoms with Gasteiger partial charge in [0.15, 0.2) is 5.43 Å². The fraction of sp³-hybridized carbons (Fsp3) is 0.176. The van der Waals surface area contributed by atoms with Crippen LogP contribution in [-0.2, 0) is 7.05 Å². The van der Waals surface area contributed by atoms with Crippen molar-refractivity contribution in [3.63, 3.8) is 0 Å². The molecule has 0 saturated carbocycles. The summed E-state index contributed by atoms with van der Waals surface area (Å²) in [5.41, 5.74) is 6.65. The normalized spacial score (nSPS) is 12.8. The van der Waals surface area contributed by atoms with Crippen LogP contribution in [0.2, 0.25) is 0 Å². The zero-order valence-corrected chi connectivity index (χ0v) is 13.0. The first kappa shape index (κ1) is 14.5. The molecule has 24 heavy (non-hydrogen) atoms. The minimum absolute atomic E-state index is 0.133. The third-order valence-electron chi connectivity index (χ3n) is 4.33. The number of fused-ring (bicyclic) bond motifs is 2. The Kier molecular flexibility index (Phi) is 3.01. The summed E-state index contributed by atoms with van der Waals surface area (Å²) < 4.78 is 1.77. The van der Waals surface area contributed by atoms with Crippen LogP contribution in [0.1, 0.15) is 0 Å². The van der Waals surface area contributed by atoms with E-state index in [0.717, 1.165) is 5.52 Å². The fourth-order valence-electron chi connectivity index (χ4n) is 3.32. The van der Waals surface area contributed by atoms with E-state index >= 15 is 0 Å². The second-order valence-electron chi connectivity index (χ2n) is 5.75. The van der Waals surface area contributed by atoms with Gasteiger partial charge in [0.05, 0.1) is 39.1 Å². The van der Waals surface area contributed by atoms with Crippen LogP contribution in [0.3, 0.4) is 0 Å². The molecule has 4 rings (SSSR count). The molecule has 0 atom stereocenters. The molecular formula is C17H16N4O3. The molecule has 0 aliphatic carbocycles. The lowest BCUT2D eigenvalue weighted by Crippen LogP contribution is -2.10. The van der Waals surface area contributed by atoms with Gasteiger partial charge in [-0.2, -0.15) is 0 Å². The summed E-state index contributed by atoms with van der Waals surface area (Å²) in [6, 6.07) is 6.26. The Balaban J connectivity index is 2.41. The van der Waals surface area contributed by atoms with Gasteiger partial charge in [-0.15, -0.1) is 0 Å². The SMILES string of the molecule is Cn1[nH]c2c3c(=O)ccc(O)c3c(O)c3c(=NCCN)ccc1c32. The first-order valence-corrected chi connectivity index (χ1v) is 7.57. The summed E-state index contributed by atoms with van der Waals surface area (Å²) in [6.07, 6.45) is 0. The Morgan fingerprint density at radius 1 is 1.12 bits per heavy atom. The molecule has 7 nitrogen and oxygen atoms in total. The standard InChI is InChI=1S/C17H16N4O3/c1-21-9-3-2-8(19-7-6-18)12-13(9)16(20-21)14-10(22)4-5-11(23)15(14)17(12)24/h2-5,20,23-24H,6-7,18H2,1H3. The average molecular weight is 324 g/mol. The smallest absolute Gasteiger partial charge is 0.189 e. The third kappa shape index (κ3) is 1.75. The minimum atomic E-state index is -0.270. The van der Waals surface area contributed by atoms with Crippen molar-refractivity contribution in [2.24, 2.45) is 17.8 Å². The molecule has 0 amide bonds. The van der Waals surface area contributed by atoms with Crippen molar-refractivity contribution in [1.29, 1.82) is 0 Å². The van der Waals surface area contributed by atoms with Gasteiger partial charge in [-0.1, -0.05) is 0 Å². The van der Waals surface area contributed by atoms with Crippen LogP contribution in [0, 0.1) is 0 Å². The highest BCUT2D eigenvalue weighted by molar-refractivity contribution is 6.23. The van der Waals surface area contributed by atoms with Gasteiger partial charge in [0, 0.05) is 19.0 Å². The van der Waals surface area contributed by atoms with E-state index in [9.17, 15) is 15.0 Å². The number of rotatable bonds is 2. The number of nitrogens with zero attached hydrogens (tertiary/aromatic N) is 2. The maximum Gasteiger partial charge on any atom is 0.189 e. The third-order valence-corrected chi connectivity index (χ3v) is 4.33. The van der Waals surface area contributed by atoms with Crippen LogP contribution in [-0.4, -0.2) is 33.1 Å². The Labute approximate surface area is 135 Å². The number of H-pyrrole nitrogens is 1. The molecule has 0 saturated heterocycles. The lowest BCUT2D eigenvalue weighted by molar-refractivity contribution is 0.467. The molecule has 0 bridgehead atoms. The Morgan fingerprint density at radius 3 is 2.67 bits per heavy atom. The summed E-state index contributed by atoms with van der Waals surface area (Å²) in [6.45, 7) is 0.802. The molecule has 0 aliphatic rings. The van der Waals surface area contributed by atoms with Gasteiger partial charge < -0.3 is 15.9 Å². The second-order valence-corrected chi connectivity index (χ2v) is 5.75. The van der Waals surface area contributed by atoms with Gasteiger partial charge in [-0.05, 0) is 24.3 Å². The number of aromatic amines is 1. The summed E-state index contributed by atoms with van der Waals surface area (Å²) in [5, 5.41) is 26.4. The predicted octanol–water partition coefficient (Wildman–Crippen LogP) is 0.881. The van der Waals surface area contributed by atoms with E-state index < -0.39 is 0 Å². The van der Waals surface area contributed by atoms with Crippen molar-refractivity contribution in [2.45, 2.75) is 0 Å². The van der Waals surface area contributed by atoms with Crippen LogP contribution < -0.4 is 16.5 Å². The quantitative estimate of drug-likeness (QED) is 0.409. The first-order valence-electron chi connectivity index (χ1n) is 7.57. The summed E-state index contributed by atoms with van der Waals surface area (Å²) in [7, 11) is 1.82. The number of phenols is 2. The molecule has 0 radical (unpaired) electrons. The molecule has 3 aromatic carbocycles. The van der Waals surface area contributed by atoms with E-state index in [1.54, 1.807) is 10.7 Å². The highest BCUT2D eigenvalue weighted by Crippen LogP contribution is 2.40. The topological polar surface area (TPSA) is 117 Å². The number of phenolic OH excluding ortho intramolecular Hbond substituents is 2. The molecule has 0 aliphatic heterocycles. The Hall–Kier alpha value is -3.06. The van der Waals surface area contributed by atoms with Crippen LogP contribution >= 0.6 is 0 Å². The van der Waals surface area contributed by atoms with Crippen molar-refractivity contribution in [2.75, 3.05) is 13.1 Å². The van der Waals surface area contributed by atoms with Crippen molar-refractivity contribution in [3.05, 3.63) is 39.8 Å². The average Bonchev–Trinajstić information content (AvgIpc) is 2.90. The van der Waals surface area contributed by atoms with Crippen molar-refractivity contribution in [3.8, 4) is 11.5 Å². The van der Waals surface area contributed by atoms with Gasteiger partial charge >= 0.3 is 0 Å². The van der Waals surface area contributed by atoms with Crippen LogP contribution in [0.25, 0.3) is 32.6 Å². The summed E-state index contributed by atoms with van der Waals surface area (Å²) >= 11 is 0. The molecule has 1 aromatic heterocycles. The molecule has 122 valence electrons. The van der Waals surface area contributed by atoms with Gasteiger partial charge in [-0.3, -0.25) is 19.6 Å². The number of nitrogens with two attached hydrogens (primary N) is 1. The monoisotopic (exact) mass is 324 g/mol. The molecule has 1 heterocycles. The number of hydrogen-bond acceptors (Lipinski definition) is 5. The van der Waals surface area contributed by atoms with Crippen molar-refractivity contribution >= 4 is 32.6 Å². The number of aryl methyl sites for hydroxylation is 1. The zero-order chi connectivity index (χ0) is 17.0.